The van der Waals surface area contributed by atoms with Crippen LogP contribution in [0, 0.1) is 0 Å². The molecule has 0 saturated carbocycles. The van der Waals surface area contributed by atoms with Crippen LogP contribution in [0.5, 0.6) is 5.75 Å². The number of fused-ring (bicyclic) bond motifs is 15. The highest BCUT2D eigenvalue weighted by atomic mass is 16.5. The third kappa shape index (κ3) is 3.85. The minimum atomic E-state index is -0.0449. The number of hydrogen-bond donors (Lipinski definition) is 0. The normalized spacial score (nSPS) is 16.4. The Labute approximate surface area is 300 Å². The molecule has 248 valence electrons. The van der Waals surface area contributed by atoms with Crippen LogP contribution < -0.4 is 15.4 Å². The molecule has 53 heavy (non-hydrogen) atoms. The van der Waals surface area contributed by atoms with E-state index in [0.717, 1.165) is 115 Å². The molecule has 0 fully saturated rings. The minimum absolute atomic E-state index is 0.0449. The van der Waals surface area contributed by atoms with Crippen molar-refractivity contribution in [3.05, 3.63) is 150 Å². The Balaban J connectivity index is 0.922. The fraction of sp³-hybridized carbons (Fsp3) is 0.0417. The highest BCUT2D eigenvalue weighted by Gasteiger charge is 2.33. The zero-order valence-electron chi connectivity index (χ0n) is 28.1. The smallest absolute Gasteiger partial charge is 0.139 e. The Morgan fingerprint density at radius 2 is 0.868 bits per heavy atom. The lowest BCUT2D eigenvalue weighted by atomic mass is 9.91. The van der Waals surface area contributed by atoms with E-state index in [-0.39, 0.29) is 12.0 Å². The zero-order valence-corrected chi connectivity index (χ0v) is 28.1. The van der Waals surface area contributed by atoms with Crippen LogP contribution >= 0.6 is 0 Å². The average Bonchev–Trinajstić information content (AvgIpc) is 4.01. The quantitative estimate of drug-likeness (QED) is 0.182. The van der Waals surface area contributed by atoms with Crippen LogP contribution in [-0.4, -0.2) is 6.10 Å². The zero-order chi connectivity index (χ0) is 34.4. The summed E-state index contributed by atoms with van der Waals surface area (Å²) in [6.45, 7) is 0. The molecule has 0 amide bonds. The molecule has 1 aliphatic heterocycles. The first-order chi connectivity index (χ1) is 26.2. The molecule has 0 bridgehead atoms. The van der Waals surface area contributed by atoms with Crippen molar-refractivity contribution >= 4 is 88.9 Å². The Kier molecular flexibility index (Phi) is 5.16. The third-order valence-corrected chi connectivity index (χ3v) is 11.4. The van der Waals surface area contributed by atoms with E-state index in [9.17, 15) is 0 Å². The molecule has 2 atom stereocenters. The van der Waals surface area contributed by atoms with Gasteiger partial charge in [-0.15, -0.1) is 0 Å². The van der Waals surface area contributed by atoms with Crippen LogP contribution in [0.4, 0.5) is 0 Å². The van der Waals surface area contributed by atoms with Crippen molar-refractivity contribution < 1.29 is 22.4 Å². The highest BCUT2D eigenvalue weighted by Crippen LogP contribution is 2.42. The Morgan fingerprint density at radius 3 is 1.55 bits per heavy atom. The first-order valence-electron chi connectivity index (χ1n) is 18.0. The summed E-state index contributed by atoms with van der Waals surface area (Å²) in [5.41, 5.74) is 12.6. The van der Waals surface area contributed by atoms with Crippen LogP contribution in [0.15, 0.2) is 151 Å². The van der Waals surface area contributed by atoms with Crippen molar-refractivity contribution in [1.82, 2.24) is 0 Å². The van der Waals surface area contributed by atoms with Crippen molar-refractivity contribution in [2.24, 2.45) is 0 Å². The second kappa shape index (κ2) is 9.87. The molecule has 2 aliphatic rings. The van der Waals surface area contributed by atoms with E-state index in [1.54, 1.807) is 0 Å². The van der Waals surface area contributed by atoms with Gasteiger partial charge in [-0.2, -0.15) is 0 Å². The molecule has 1 aliphatic carbocycles. The SMILES string of the molecule is C1=c2oc3ccc(-c4ccc5oc6ccc(-c7ccc8oc9cc%10oc%11ccccc%11c%10cc9c8c7)cc6c5c4)cc3c2=CC2c3ccccc3OC12. The standard InChI is InChI=1S/C48H26O5/c1-3-7-39-29(5-1)35-21-37-33-19-27(11-15-43(33)52-47(37)23-45(35)50-39)25-9-13-41-31(17-25)32-18-26(10-14-42(32)49-41)28-12-16-44-34(20-28)38-22-36-30-6-2-4-8-40(30)51-46(36)24-48(38)53-44/h1-24,35,45H. The highest BCUT2D eigenvalue weighted by molar-refractivity contribution is 6.16. The van der Waals surface area contributed by atoms with Gasteiger partial charge in [0.15, 0.2) is 0 Å². The molecular formula is C48H26O5. The third-order valence-electron chi connectivity index (χ3n) is 11.4. The van der Waals surface area contributed by atoms with Gasteiger partial charge in [-0.3, -0.25) is 0 Å². The molecule has 7 aromatic carbocycles. The van der Waals surface area contributed by atoms with Gasteiger partial charge in [0, 0.05) is 66.5 Å². The van der Waals surface area contributed by atoms with Gasteiger partial charge in [0.25, 0.3) is 0 Å². The molecule has 5 heterocycles. The van der Waals surface area contributed by atoms with Crippen LogP contribution in [0.25, 0.3) is 111 Å². The Bertz CT molecular complexity index is 3510. The van der Waals surface area contributed by atoms with Crippen molar-refractivity contribution in [3.63, 3.8) is 0 Å². The summed E-state index contributed by atoms with van der Waals surface area (Å²) in [6, 6.07) is 46.5. The predicted octanol–water partition coefficient (Wildman–Crippen LogP) is 11.6. The van der Waals surface area contributed by atoms with E-state index < -0.39 is 0 Å². The Morgan fingerprint density at radius 1 is 0.358 bits per heavy atom. The van der Waals surface area contributed by atoms with Gasteiger partial charge in [0.2, 0.25) is 0 Å². The van der Waals surface area contributed by atoms with Gasteiger partial charge in [-0.1, -0.05) is 66.7 Å². The minimum Gasteiger partial charge on any atom is -0.485 e. The molecule has 0 radical (unpaired) electrons. The summed E-state index contributed by atoms with van der Waals surface area (Å²) in [6.07, 6.45) is 4.41. The monoisotopic (exact) mass is 682 g/mol. The molecule has 13 rings (SSSR count). The van der Waals surface area contributed by atoms with Crippen LogP contribution in [0.2, 0.25) is 0 Å². The fourth-order valence-corrected chi connectivity index (χ4v) is 8.83. The van der Waals surface area contributed by atoms with Crippen molar-refractivity contribution in [1.29, 1.82) is 0 Å². The number of rotatable bonds is 2. The number of para-hydroxylation sites is 2. The number of benzene rings is 7. The number of furan rings is 4. The van der Waals surface area contributed by atoms with Gasteiger partial charge in [-0.25, -0.2) is 0 Å². The van der Waals surface area contributed by atoms with Crippen molar-refractivity contribution in [3.8, 4) is 28.0 Å². The molecular weight excluding hydrogens is 657 g/mol. The summed E-state index contributed by atoms with van der Waals surface area (Å²) in [5.74, 6) is 1.13. The largest absolute Gasteiger partial charge is 0.485 e. The molecule has 4 aromatic heterocycles. The summed E-state index contributed by atoms with van der Waals surface area (Å²) in [4.78, 5) is 0. The fourth-order valence-electron chi connectivity index (χ4n) is 8.83. The lowest BCUT2D eigenvalue weighted by Crippen LogP contribution is -2.32. The number of ether oxygens (including phenoxy) is 1. The summed E-state index contributed by atoms with van der Waals surface area (Å²) < 4.78 is 31.4. The van der Waals surface area contributed by atoms with Gasteiger partial charge in [-0.05, 0) is 89.0 Å². The van der Waals surface area contributed by atoms with Gasteiger partial charge < -0.3 is 22.4 Å². The van der Waals surface area contributed by atoms with E-state index in [0.29, 0.717) is 0 Å². The second-order valence-electron chi connectivity index (χ2n) is 14.4. The molecule has 0 saturated heterocycles. The van der Waals surface area contributed by atoms with E-state index in [1.165, 1.54) is 5.56 Å². The van der Waals surface area contributed by atoms with Crippen LogP contribution in [0.1, 0.15) is 11.5 Å². The van der Waals surface area contributed by atoms with Crippen molar-refractivity contribution in [2.75, 3.05) is 0 Å². The van der Waals surface area contributed by atoms with Crippen molar-refractivity contribution in [2.45, 2.75) is 12.0 Å². The maximum atomic E-state index is 6.36. The first-order valence-corrected chi connectivity index (χ1v) is 18.0. The lowest BCUT2D eigenvalue weighted by molar-refractivity contribution is 0.286. The van der Waals surface area contributed by atoms with Crippen LogP contribution in [0.3, 0.4) is 0 Å². The van der Waals surface area contributed by atoms with Gasteiger partial charge in [0.1, 0.15) is 56.4 Å². The molecule has 11 aromatic rings. The average molecular weight is 683 g/mol. The topological polar surface area (TPSA) is 61.8 Å². The molecule has 5 heteroatoms. The second-order valence-corrected chi connectivity index (χ2v) is 14.4. The van der Waals surface area contributed by atoms with E-state index in [2.05, 4.69) is 109 Å². The van der Waals surface area contributed by atoms with Gasteiger partial charge in [0.05, 0.1) is 0 Å². The van der Waals surface area contributed by atoms with E-state index in [1.807, 2.05) is 36.4 Å². The molecule has 0 N–H and O–H groups in total. The van der Waals surface area contributed by atoms with Crippen LogP contribution in [-0.2, 0) is 0 Å². The summed E-state index contributed by atoms with van der Waals surface area (Å²) >= 11 is 0. The maximum absolute atomic E-state index is 6.36. The molecule has 2 unspecified atom stereocenters. The number of hydrogen-bond acceptors (Lipinski definition) is 5. The van der Waals surface area contributed by atoms with E-state index in [4.69, 9.17) is 22.4 Å². The Hall–Kier alpha value is -6.98. The van der Waals surface area contributed by atoms with E-state index >= 15 is 0 Å². The predicted molar refractivity (Wildman–Crippen MR) is 211 cm³/mol. The molecule has 0 spiro atoms. The molecule has 5 nitrogen and oxygen atoms in total. The van der Waals surface area contributed by atoms with Gasteiger partial charge >= 0.3 is 0 Å². The first kappa shape index (κ1) is 27.7. The summed E-state index contributed by atoms with van der Waals surface area (Å²) in [5, 5.41) is 8.76. The summed E-state index contributed by atoms with van der Waals surface area (Å²) in [7, 11) is 0. The maximum Gasteiger partial charge on any atom is 0.139 e. The lowest BCUT2D eigenvalue weighted by Gasteiger charge is -2.13.